The van der Waals surface area contributed by atoms with E-state index in [1.807, 2.05) is 85.4 Å². The summed E-state index contributed by atoms with van der Waals surface area (Å²) in [6.07, 6.45) is 3.87. The Bertz CT molecular complexity index is 1170. The lowest BCUT2D eigenvalue weighted by Crippen LogP contribution is -2.47. The van der Waals surface area contributed by atoms with E-state index in [0.29, 0.717) is 11.3 Å². The van der Waals surface area contributed by atoms with E-state index < -0.39 is 6.04 Å². The van der Waals surface area contributed by atoms with Crippen molar-refractivity contribution in [3.05, 3.63) is 78.6 Å². The normalized spacial score (nSPS) is 12.1. The fourth-order valence-corrected chi connectivity index (χ4v) is 4.10. The molecule has 6 nitrogen and oxygen atoms in total. The largest absolute Gasteiger partial charge is 0.340 e. The van der Waals surface area contributed by atoms with Gasteiger partial charge >= 0.3 is 0 Å². The number of aromatic nitrogens is 2. The molecule has 1 atom stereocenters. The first-order valence-corrected chi connectivity index (χ1v) is 10.5. The van der Waals surface area contributed by atoms with Crippen molar-refractivity contribution in [3.8, 4) is 5.13 Å². The van der Waals surface area contributed by atoms with Gasteiger partial charge in [0.2, 0.25) is 5.91 Å². The summed E-state index contributed by atoms with van der Waals surface area (Å²) in [5.41, 5.74) is 2.04. The van der Waals surface area contributed by atoms with Gasteiger partial charge in [0.15, 0.2) is 5.13 Å². The molecule has 1 unspecified atom stereocenters. The van der Waals surface area contributed by atoms with Crippen LogP contribution in [0, 0.1) is 5.92 Å². The minimum absolute atomic E-state index is 0.0647. The van der Waals surface area contributed by atoms with Gasteiger partial charge in [0.1, 0.15) is 6.04 Å². The number of hydrogen-bond donors (Lipinski definition) is 2. The summed E-state index contributed by atoms with van der Waals surface area (Å²) in [6.45, 7) is 3.82. The molecule has 4 aromatic rings. The lowest BCUT2D eigenvalue weighted by atomic mass is 10.0. The van der Waals surface area contributed by atoms with Crippen LogP contribution in [0.15, 0.2) is 73.1 Å². The van der Waals surface area contributed by atoms with Crippen molar-refractivity contribution in [2.24, 2.45) is 5.92 Å². The van der Waals surface area contributed by atoms with Gasteiger partial charge in [-0.15, -0.1) is 0 Å². The zero-order valence-electron chi connectivity index (χ0n) is 16.7. The molecule has 7 heteroatoms. The number of benzene rings is 2. The number of thiazole rings is 1. The summed E-state index contributed by atoms with van der Waals surface area (Å²) >= 11 is 1.51. The molecule has 0 saturated carbocycles. The van der Waals surface area contributed by atoms with Crippen molar-refractivity contribution in [1.82, 2.24) is 14.9 Å². The van der Waals surface area contributed by atoms with Crippen LogP contribution >= 0.6 is 11.3 Å². The summed E-state index contributed by atoms with van der Waals surface area (Å²) in [5, 5.41) is 6.59. The number of rotatable bonds is 6. The van der Waals surface area contributed by atoms with E-state index in [4.69, 9.17) is 0 Å². The zero-order valence-corrected chi connectivity index (χ0v) is 17.5. The van der Waals surface area contributed by atoms with Gasteiger partial charge in [0.25, 0.3) is 5.91 Å². The highest BCUT2D eigenvalue weighted by atomic mass is 32.1. The van der Waals surface area contributed by atoms with Crippen LogP contribution < -0.4 is 10.6 Å². The molecule has 2 amide bonds. The number of hydrogen-bond acceptors (Lipinski definition) is 4. The van der Waals surface area contributed by atoms with Crippen LogP contribution in [-0.4, -0.2) is 27.4 Å². The molecule has 4 rings (SSSR count). The third kappa shape index (κ3) is 4.26. The minimum Gasteiger partial charge on any atom is -0.340 e. The predicted octanol–water partition coefficient (Wildman–Crippen LogP) is 4.48. The van der Waals surface area contributed by atoms with Gasteiger partial charge in [0, 0.05) is 23.6 Å². The van der Waals surface area contributed by atoms with Gasteiger partial charge in [-0.2, -0.15) is 0 Å². The number of carbonyl (C=O) groups is 2. The van der Waals surface area contributed by atoms with Crippen molar-refractivity contribution in [1.29, 1.82) is 0 Å². The molecule has 0 spiro atoms. The summed E-state index contributed by atoms with van der Waals surface area (Å²) in [5.74, 6) is -0.585. The molecule has 2 N–H and O–H groups in total. The van der Waals surface area contributed by atoms with Gasteiger partial charge in [0.05, 0.1) is 10.2 Å². The maximum absolute atomic E-state index is 12.9. The molecule has 0 saturated heterocycles. The molecule has 0 aliphatic rings. The highest BCUT2D eigenvalue weighted by Gasteiger charge is 2.25. The highest BCUT2D eigenvalue weighted by molar-refractivity contribution is 7.20. The summed E-state index contributed by atoms with van der Waals surface area (Å²) < 4.78 is 2.86. The average Bonchev–Trinajstić information content (AvgIpc) is 3.41. The van der Waals surface area contributed by atoms with E-state index in [1.54, 1.807) is 6.07 Å². The van der Waals surface area contributed by atoms with Gasteiger partial charge in [-0.1, -0.05) is 43.4 Å². The highest BCUT2D eigenvalue weighted by Crippen LogP contribution is 2.26. The average molecular weight is 419 g/mol. The van der Waals surface area contributed by atoms with E-state index in [0.717, 1.165) is 15.3 Å². The predicted molar refractivity (Wildman–Crippen MR) is 120 cm³/mol. The molecule has 0 bridgehead atoms. The molecule has 0 aliphatic carbocycles. The Morgan fingerprint density at radius 2 is 1.73 bits per heavy atom. The van der Waals surface area contributed by atoms with Crippen LogP contribution in [0.2, 0.25) is 0 Å². The molecule has 2 heterocycles. The number of nitrogens with zero attached hydrogens (tertiary/aromatic N) is 2. The van der Waals surface area contributed by atoms with E-state index in [-0.39, 0.29) is 17.7 Å². The quantitative estimate of drug-likeness (QED) is 0.485. The number of fused-ring (bicyclic) bond motifs is 1. The molecule has 0 fully saturated rings. The van der Waals surface area contributed by atoms with E-state index >= 15 is 0 Å². The van der Waals surface area contributed by atoms with Gasteiger partial charge in [-0.05, 0) is 48.4 Å². The Hall–Kier alpha value is -3.45. The monoisotopic (exact) mass is 418 g/mol. The van der Waals surface area contributed by atoms with Crippen LogP contribution in [0.25, 0.3) is 15.3 Å². The van der Waals surface area contributed by atoms with E-state index in [2.05, 4.69) is 15.6 Å². The molecule has 30 heavy (non-hydrogen) atoms. The smallest absolute Gasteiger partial charge is 0.251 e. The van der Waals surface area contributed by atoms with Gasteiger partial charge in [-0.3, -0.25) is 9.59 Å². The fourth-order valence-electron chi connectivity index (χ4n) is 3.13. The first-order valence-electron chi connectivity index (χ1n) is 9.72. The van der Waals surface area contributed by atoms with Gasteiger partial charge in [-0.25, -0.2) is 4.98 Å². The topological polar surface area (TPSA) is 76.0 Å². The Kier molecular flexibility index (Phi) is 5.63. The summed E-state index contributed by atoms with van der Waals surface area (Å²) in [7, 11) is 0. The molecular weight excluding hydrogens is 396 g/mol. The molecule has 2 aromatic carbocycles. The van der Waals surface area contributed by atoms with E-state index in [1.165, 1.54) is 11.3 Å². The summed E-state index contributed by atoms with van der Waals surface area (Å²) in [6, 6.07) is 17.9. The molecular formula is C23H22N4O2S. The van der Waals surface area contributed by atoms with Crippen LogP contribution in [-0.2, 0) is 4.79 Å². The minimum atomic E-state index is -0.648. The van der Waals surface area contributed by atoms with Crippen LogP contribution in [0.5, 0.6) is 0 Å². The molecule has 0 aliphatic heterocycles. The number of carbonyl (C=O) groups excluding carboxylic acids is 2. The molecule has 152 valence electrons. The van der Waals surface area contributed by atoms with Crippen LogP contribution in [0.4, 0.5) is 5.69 Å². The Balaban J connectivity index is 1.52. The lowest BCUT2D eigenvalue weighted by molar-refractivity contribution is -0.118. The second-order valence-corrected chi connectivity index (χ2v) is 8.33. The Labute approximate surface area is 178 Å². The Morgan fingerprint density at radius 1 is 1.00 bits per heavy atom. The third-order valence-electron chi connectivity index (χ3n) is 4.74. The van der Waals surface area contributed by atoms with Gasteiger partial charge < -0.3 is 15.2 Å². The maximum Gasteiger partial charge on any atom is 0.251 e. The molecule has 0 radical (unpaired) electrons. The lowest BCUT2D eigenvalue weighted by Gasteiger charge is -2.21. The molecule has 2 aromatic heterocycles. The number of nitrogens with one attached hydrogen (secondary N) is 2. The van der Waals surface area contributed by atoms with Crippen molar-refractivity contribution in [2.45, 2.75) is 19.9 Å². The maximum atomic E-state index is 12.9. The second kappa shape index (κ2) is 8.51. The number of amides is 2. The van der Waals surface area contributed by atoms with E-state index in [9.17, 15) is 9.59 Å². The van der Waals surface area contributed by atoms with Crippen molar-refractivity contribution in [3.63, 3.8) is 0 Å². The number of para-hydroxylation sites is 1. The second-order valence-electron chi connectivity index (χ2n) is 7.32. The number of anilines is 1. The fraction of sp³-hybridized carbons (Fsp3) is 0.174. The third-order valence-corrected chi connectivity index (χ3v) is 5.77. The van der Waals surface area contributed by atoms with Crippen LogP contribution in [0.3, 0.4) is 0 Å². The van der Waals surface area contributed by atoms with Crippen LogP contribution in [0.1, 0.15) is 24.2 Å². The van der Waals surface area contributed by atoms with Crippen molar-refractivity contribution < 1.29 is 9.59 Å². The van der Waals surface area contributed by atoms with Crippen molar-refractivity contribution >= 4 is 39.1 Å². The SMILES string of the molecule is CC(C)C(NC(=O)c1ccc2nc(-n3cccc3)sc2c1)C(=O)Nc1ccccc1. The first kappa shape index (κ1) is 19.8. The Morgan fingerprint density at radius 3 is 2.43 bits per heavy atom. The summed E-state index contributed by atoms with van der Waals surface area (Å²) in [4.78, 5) is 30.2. The first-order chi connectivity index (χ1) is 14.5. The standard InChI is InChI=1S/C23H22N4O2S/c1-15(2)20(22(29)24-17-8-4-3-5-9-17)26-21(28)16-10-11-18-19(14-16)30-23(25-18)27-12-6-7-13-27/h3-15,20H,1-2H3,(H,24,29)(H,26,28). The zero-order chi connectivity index (χ0) is 21.1. The van der Waals surface area contributed by atoms with Crippen molar-refractivity contribution in [2.75, 3.05) is 5.32 Å².